The molecule has 2 aromatic rings. The van der Waals surface area contributed by atoms with Gasteiger partial charge in [-0.3, -0.25) is 9.59 Å². The lowest BCUT2D eigenvalue weighted by atomic mass is 9.87. The van der Waals surface area contributed by atoms with Gasteiger partial charge in [-0.1, -0.05) is 39.3 Å². The molecule has 0 fully saturated rings. The van der Waals surface area contributed by atoms with Crippen molar-refractivity contribution in [3.05, 3.63) is 45.8 Å². The molecular weight excluding hydrogens is 372 g/mol. The molecule has 1 aromatic carbocycles. The number of amides is 2. The third kappa shape index (κ3) is 4.73. The second-order valence-corrected chi connectivity index (χ2v) is 9.35. The molecule has 1 aliphatic rings. The van der Waals surface area contributed by atoms with Crippen molar-refractivity contribution in [3.63, 3.8) is 0 Å². The molecule has 2 amide bonds. The maximum Gasteiger partial charge on any atom is 0.262 e. The number of nitrogens with one attached hydrogen (secondary N) is 1. The van der Waals surface area contributed by atoms with Crippen LogP contribution < -0.4 is 15.8 Å². The molecule has 3 rings (SSSR count). The summed E-state index contributed by atoms with van der Waals surface area (Å²) in [6.07, 6.45) is 5.09. The van der Waals surface area contributed by atoms with Crippen LogP contribution in [0.15, 0.2) is 24.3 Å². The highest BCUT2D eigenvalue weighted by atomic mass is 32.1. The minimum atomic E-state index is -0.478. The van der Waals surface area contributed by atoms with Crippen molar-refractivity contribution in [2.24, 2.45) is 5.73 Å². The smallest absolute Gasteiger partial charge is 0.262 e. The fraction of sp³-hybridized carbons (Fsp3) is 0.455. The van der Waals surface area contributed by atoms with Gasteiger partial charge in [0.2, 0.25) is 0 Å². The molecule has 1 heterocycles. The molecule has 0 bridgehead atoms. The number of fused-ring (bicyclic) bond motifs is 1. The van der Waals surface area contributed by atoms with E-state index in [9.17, 15) is 9.59 Å². The van der Waals surface area contributed by atoms with E-state index in [1.165, 1.54) is 21.8 Å². The second kappa shape index (κ2) is 8.35. The van der Waals surface area contributed by atoms with Gasteiger partial charge >= 0.3 is 0 Å². The van der Waals surface area contributed by atoms with Crippen molar-refractivity contribution in [1.29, 1.82) is 0 Å². The molecule has 0 saturated heterocycles. The third-order valence-corrected chi connectivity index (χ3v) is 6.22. The normalized spacial score (nSPS) is 14.1. The fourth-order valence-electron chi connectivity index (χ4n) is 3.45. The lowest BCUT2D eigenvalue weighted by molar-refractivity contribution is -0.118. The number of primary amides is 1. The highest BCUT2D eigenvalue weighted by Gasteiger charge is 2.24. The van der Waals surface area contributed by atoms with Crippen molar-refractivity contribution in [1.82, 2.24) is 0 Å². The summed E-state index contributed by atoms with van der Waals surface area (Å²) in [5, 5.41) is 3.38. The lowest BCUT2D eigenvalue weighted by Crippen LogP contribution is -2.22. The molecule has 150 valence electrons. The SMILES string of the molecule is CC(C)(C)c1ccc(OCC(=O)Nc2sc3c(c2C(N)=O)CCCCC3)cc1. The Labute approximate surface area is 170 Å². The van der Waals surface area contributed by atoms with E-state index in [2.05, 4.69) is 26.1 Å². The van der Waals surface area contributed by atoms with Crippen LogP contribution in [-0.2, 0) is 23.1 Å². The van der Waals surface area contributed by atoms with Crippen LogP contribution in [0.5, 0.6) is 5.75 Å². The zero-order valence-corrected chi connectivity index (χ0v) is 17.6. The average Bonchev–Trinajstić information content (AvgIpc) is 2.80. The maximum atomic E-state index is 12.4. The van der Waals surface area contributed by atoms with Gasteiger partial charge < -0.3 is 15.8 Å². The monoisotopic (exact) mass is 400 g/mol. The number of benzene rings is 1. The van der Waals surface area contributed by atoms with E-state index in [1.807, 2.05) is 24.3 Å². The van der Waals surface area contributed by atoms with Crippen molar-refractivity contribution >= 4 is 28.2 Å². The second-order valence-electron chi connectivity index (χ2n) is 8.24. The Morgan fingerprint density at radius 1 is 1.11 bits per heavy atom. The topological polar surface area (TPSA) is 81.4 Å². The van der Waals surface area contributed by atoms with E-state index in [1.54, 1.807) is 0 Å². The lowest BCUT2D eigenvalue weighted by Gasteiger charge is -2.19. The van der Waals surface area contributed by atoms with E-state index >= 15 is 0 Å². The molecule has 0 saturated carbocycles. The Bertz CT molecular complexity index is 863. The zero-order chi connectivity index (χ0) is 20.3. The first-order chi connectivity index (χ1) is 13.3. The van der Waals surface area contributed by atoms with Gasteiger partial charge in [0.1, 0.15) is 10.8 Å². The number of anilines is 1. The van der Waals surface area contributed by atoms with E-state index in [4.69, 9.17) is 10.5 Å². The Morgan fingerprint density at radius 3 is 2.43 bits per heavy atom. The molecule has 0 spiro atoms. The molecule has 5 nitrogen and oxygen atoms in total. The maximum absolute atomic E-state index is 12.4. The van der Waals surface area contributed by atoms with Gasteiger partial charge in [-0.25, -0.2) is 0 Å². The van der Waals surface area contributed by atoms with Crippen LogP contribution in [0, 0.1) is 0 Å². The minimum absolute atomic E-state index is 0.0677. The molecule has 1 aromatic heterocycles. The number of thiophene rings is 1. The summed E-state index contributed by atoms with van der Waals surface area (Å²) in [7, 11) is 0. The number of aryl methyl sites for hydroxylation is 1. The number of rotatable bonds is 5. The number of carbonyl (C=O) groups is 2. The predicted molar refractivity (Wildman–Crippen MR) is 113 cm³/mol. The van der Waals surface area contributed by atoms with Gasteiger partial charge in [0.05, 0.1) is 5.56 Å². The van der Waals surface area contributed by atoms with E-state index in [0.29, 0.717) is 16.3 Å². The van der Waals surface area contributed by atoms with Crippen molar-refractivity contribution in [3.8, 4) is 5.75 Å². The number of nitrogens with two attached hydrogens (primary N) is 1. The summed E-state index contributed by atoms with van der Waals surface area (Å²) >= 11 is 1.47. The van der Waals surface area contributed by atoms with Crippen LogP contribution >= 0.6 is 11.3 Å². The average molecular weight is 401 g/mol. The first kappa shape index (κ1) is 20.4. The van der Waals surface area contributed by atoms with Crippen LogP contribution in [0.1, 0.15) is 66.4 Å². The van der Waals surface area contributed by atoms with Gasteiger partial charge in [-0.15, -0.1) is 11.3 Å². The Balaban J connectivity index is 1.66. The summed E-state index contributed by atoms with van der Waals surface area (Å²) in [6, 6.07) is 7.76. The Kier molecular flexibility index (Phi) is 6.08. The van der Waals surface area contributed by atoms with Crippen LogP contribution in [0.25, 0.3) is 0 Å². The largest absolute Gasteiger partial charge is 0.484 e. The quantitative estimate of drug-likeness (QED) is 0.729. The molecule has 0 radical (unpaired) electrons. The van der Waals surface area contributed by atoms with Gasteiger partial charge in [0.15, 0.2) is 6.61 Å². The van der Waals surface area contributed by atoms with Crippen LogP contribution in [0.3, 0.4) is 0 Å². The van der Waals surface area contributed by atoms with Crippen molar-refractivity contribution in [2.45, 2.75) is 58.3 Å². The number of hydrogen-bond donors (Lipinski definition) is 2. The molecule has 0 atom stereocenters. The third-order valence-electron chi connectivity index (χ3n) is 5.01. The van der Waals surface area contributed by atoms with E-state index in [-0.39, 0.29) is 17.9 Å². The van der Waals surface area contributed by atoms with Crippen LogP contribution in [-0.4, -0.2) is 18.4 Å². The number of carbonyl (C=O) groups excluding carboxylic acids is 2. The first-order valence-electron chi connectivity index (χ1n) is 9.73. The molecule has 6 heteroatoms. The fourth-order valence-corrected chi connectivity index (χ4v) is 4.76. The highest BCUT2D eigenvalue weighted by Crippen LogP contribution is 2.37. The summed E-state index contributed by atoms with van der Waals surface area (Å²) in [5.41, 5.74) is 8.38. The van der Waals surface area contributed by atoms with Crippen molar-refractivity contribution in [2.75, 3.05) is 11.9 Å². The van der Waals surface area contributed by atoms with E-state index in [0.717, 1.165) is 37.7 Å². The molecule has 0 aliphatic heterocycles. The van der Waals surface area contributed by atoms with E-state index < -0.39 is 5.91 Å². The number of hydrogen-bond acceptors (Lipinski definition) is 4. The van der Waals surface area contributed by atoms with Gasteiger partial charge in [0, 0.05) is 4.88 Å². The minimum Gasteiger partial charge on any atom is -0.484 e. The Hall–Kier alpha value is -2.34. The first-order valence-corrected chi connectivity index (χ1v) is 10.5. The number of ether oxygens (including phenoxy) is 1. The standard InChI is InChI=1S/C22H28N2O3S/c1-22(2,3)14-9-11-15(12-10-14)27-13-18(25)24-21-19(20(23)26)16-7-5-4-6-8-17(16)28-21/h9-12H,4-8,13H2,1-3H3,(H2,23,26)(H,24,25). The van der Waals surface area contributed by atoms with Crippen LogP contribution in [0.2, 0.25) is 0 Å². The van der Waals surface area contributed by atoms with Gasteiger partial charge in [-0.2, -0.15) is 0 Å². The van der Waals surface area contributed by atoms with Gasteiger partial charge in [-0.05, 0) is 54.4 Å². The summed E-state index contributed by atoms with van der Waals surface area (Å²) in [4.78, 5) is 25.5. The molecule has 3 N–H and O–H groups in total. The summed E-state index contributed by atoms with van der Waals surface area (Å²) in [6.45, 7) is 6.33. The zero-order valence-electron chi connectivity index (χ0n) is 16.8. The summed E-state index contributed by atoms with van der Waals surface area (Å²) in [5.74, 6) is -0.132. The molecular formula is C22H28N2O3S. The van der Waals surface area contributed by atoms with Gasteiger partial charge in [0.25, 0.3) is 11.8 Å². The van der Waals surface area contributed by atoms with Crippen LogP contribution in [0.4, 0.5) is 5.00 Å². The predicted octanol–water partition coefficient (Wildman–Crippen LogP) is 4.43. The summed E-state index contributed by atoms with van der Waals surface area (Å²) < 4.78 is 5.61. The molecule has 0 unspecified atom stereocenters. The molecule has 28 heavy (non-hydrogen) atoms. The Morgan fingerprint density at radius 2 is 1.79 bits per heavy atom. The molecule has 1 aliphatic carbocycles. The highest BCUT2D eigenvalue weighted by molar-refractivity contribution is 7.17. The van der Waals surface area contributed by atoms with Crippen molar-refractivity contribution < 1.29 is 14.3 Å².